The van der Waals surface area contributed by atoms with E-state index in [-0.39, 0.29) is 66.3 Å². The van der Waals surface area contributed by atoms with Crippen LogP contribution >= 0.6 is 35.3 Å². The molecule has 0 bridgehead atoms. The third-order valence-electron chi connectivity index (χ3n) is 5.31. The summed E-state index contributed by atoms with van der Waals surface area (Å²) in [6, 6.07) is 0. The molecule has 3 aromatic heterocycles. The smallest absolute Gasteiger partial charge is 0.304 e. The second-order valence-electron chi connectivity index (χ2n) is 9.23. The summed E-state index contributed by atoms with van der Waals surface area (Å²) in [7, 11) is 0. The molecular formula is C26H42N16O6S3. The monoisotopic (exact) mass is 770 g/mol. The summed E-state index contributed by atoms with van der Waals surface area (Å²) in [4.78, 5) is 71.0. The Kier molecular flexibility index (Phi) is 20.3. The largest absolute Gasteiger partial charge is 0.481 e. The maximum Gasteiger partial charge on any atom is 0.304 e. The number of nitrogens with zero attached hydrogens (tertiary/aromatic N) is 9. The van der Waals surface area contributed by atoms with E-state index in [2.05, 4.69) is 71.4 Å². The van der Waals surface area contributed by atoms with E-state index >= 15 is 0 Å². The van der Waals surface area contributed by atoms with Crippen LogP contribution in [0.1, 0.15) is 33.1 Å². The summed E-state index contributed by atoms with van der Waals surface area (Å²) in [6.45, 7) is 6.12. The minimum absolute atomic E-state index is 0.0109. The maximum atomic E-state index is 11.0. The van der Waals surface area contributed by atoms with Crippen molar-refractivity contribution in [3.63, 3.8) is 0 Å². The number of carboxylic acid groups (broad SMARTS) is 3. The van der Waals surface area contributed by atoms with Crippen LogP contribution in [0.15, 0.2) is 15.5 Å². The minimum atomic E-state index is -0.944. The molecule has 25 heteroatoms. The molecule has 0 atom stereocenters. The number of nitrogens with two attached hydrogens (primary N) is 2. The van der Waals surface area contributed by atoms with Crippen molar-refractivity contribution in [1.82, 2.24) is 44.9 Å². The van der Waals surface area contributed by atoms with E-state index in [0.717, 1.165) is 23.5 Å². The van der Waals surface area contributed by atoms with E-state index in [4.69, 9.17) is 26.8 Å². The van der Waals surface area contributed by atoms with Crippen LogP contribution in [0.2, 0.25) is 0 Å². The number of carboxylic acids is 3. The second-order valence-corrected chi connectivity index (χ2v) is 12.4. The Bertz CT molecular complexity index is 1550. The van der Waals surface area contributed by atoms with Crippen LogP contribution in [0.25, 0.3) is 0 Å². The highest BCUT2D eigenvalue weighted by Crippen LogP contribution is 2.19. The Morgan fingerprint density at radius 3 is 1.12 bits per heavy atom. The fourth-order valence-electron chi connectivity index (χ4n) is 3.24. The van der Waals surface area contributed by atoms with Gasteiger partial charge in [-0.3, -0.25) is 14.4 Å². The normalized spacial score (nSPS) is 10.4. The lowest BCUT2D eigenvalue weighted by Crippen LogP contribution is -2.20. The molecule has 0 unspecified atom stereocenters. The summed E-state index contributed by atoms with van der Waals surface area (Å²) in [5.41, 5.74) is 11.3. The number of carbonyl (C=O) groups is 3. The second kappa shape index (κ2) is 24.4. The van der Waals surface area contributed by atoms with Crippen molar-refractivity contribution < 1.29 is 29.7 Å². The highest BCUT2D eigenvalue weighted by molar-refractivity contribution is 7.99. The number of hydrogen-bond donors (Lipinski definition) is 10. The number of rotatable bonds is 25. The quantitative estimate of drug-likeness (QED) is 0.0424. The van der Waals surface area contributed by atoms with E-state index in [0.29, 0.717) is 60.7 Å². The molecule has 3 rings (SSSR count). The fourth-order valence-corrected chi connectivity index (χ4v) is 5.54. The fraction of sp³-hybridized carbons (Fsp3) is 0.538. The van der Waals surface area contributed by atoms with Crippen LogP contribution in [0.3, 0.4) is 0 Å². The standard InChI is InChI=1S/C24H36N16O6S3.C2H6/c25-4-5-27-18-34-19(38-23(37-18)48-11-2-14(43)44)30-8-9-31-21-35-20(39-24(40-21)49-12-3-15(45)46)29-7-6-28-17-32-16(26)33-22(36-17)47-10-1-13(41)42;1-2/h1-12,25H2,(H,41,42)(H,43,44)(H,45,46)(H3,26,28,32,33,36)(H2,27,30,34,37,38)(H2,29,31,35,39,40);1-2H3. The molecule has 0 radical (unpaired) electrons. The molecule has 0 saturated heterocycles. The number of aromatic nitrogens is 9. The van der Waals surface area contributed by atoms with Gasteiger partial charge in [0.05, 0.1) is 19.3 Å². The van der Waals surface area contributed by atoms with Gasteiger partial charge in [0.1, 0.15) is 0 Å². The Morgan fingerprint density at radius 1 is 0.510 bits per heavy atom. The molecule has 51 heavy (non-hydrogen) atoms. The van der Waals surface area contributed by atoms with Gasteiger partial charge in [-0.25, -0.2) is 0 Å². The molecule has 3 aromatic rings. The average Bonchev–Trinajstić information content (AvgIpc) is 3.08. The van der Waals surface area contributed by atoms with Gasteiger partial charge in [-0.2, -0.15) is 44.9 Å². The predicted octanol–water partition coefficient (Wildman–Crippen LogP) is 0.969. The van der Waals surface area contributed by atoms with Crippen molar-refractivity contribution in [2.24, 2.45) is 5.73 Å². The lowest BCUT2D eigenvalue weighted by molar-refractivity contribution is -0.137. The molecule has 280 valence electrons. The van der Waals surface area contributed by atoms with Crippen molar-refractivity contribution in [3.05, 3.63) is 0 Å². The third-order valence-corrected chi connectivity index (χ3v) is 7.86. The van der Waals surface area contributed by atoms with Crippen LogP contribution in [0.5, 0.6) is 0 Å². The summed E-state index contributed by atoms with van der Waals surface area (Å²) in [5.74, 6) is -0.719. The summed E-state index contributed by atoms with van der Waals surface area (Å²) in [6.07, 6.45) is -0.174. The number of aliphatic carboxylic acids is 3. The number of hydrogen-bond acceptors (Lipinski definition) is 22. The van der Waals surface area contributed by atoms with Crippen LogP contribution in [-0.4, -0.2) is 135 Å². The van der Waals surface area contributed by atoms with E-state index in [1.54, 1.807) is 0 Å². The number of thioether (sulfide) groups is 3. The predicted molar refractivity (Wildman–Crippen MR) is 196 cm³/mol. The van der Waals surface area contributed by atoms with Gasteiger partial charge < -0.3 is 53.4 Å². The molecule has 0 saturated carbocycles. The van der Waals surface area contributed by atoms with Crippen LogP contribution in [-0.2, 0) is 14.4 Å². The van der Waals surface area contributed by atoms with Gasteiger partial charge in [0.15, 0.2) is 15.5 Å². The first-order valence-electron chi connectivity index (χ1n) is 15.6. The number of anilines is 6. The molecular weight excluding hydrogens is 729 g/mol. The Labute approximate surface area is 305 Å². The van der Waals surface area contributed by atoms with Gasteiger partial charge in [-0.15, -0.1) is 0 Å². The van der Waals surface area contributed by atoms with E-state index in [9.17, 15) is 14.4 Å². The molecule has 22 nitrogen and oxygen atoms in total. The molecule has 0 aromatic carbocycles. The van der Waals surface area contributed by atoms with E-state index in [1.807, 2.05) is 13.8 Å². The summed E-state index contributed by atoms with van der Waals surface area (Å²) in [5, 5.41) is 43.0. The summed E-state index contributed by atoms with van der Waals surface area (Å²) >= 11 is 3.50. The first-order chi connectivity index (χ1) is 24.6. The number of nitrogen functional groups attached to an aromatic ring is 1. The van der Waals surface area contributed by atoms with Crippen molar-refractivity contribution in [1.29, 1.82) is 0 Å². The van der Waals surface area contributed by atoms with Crippen LogP contribution in [0, 0.1) is 0 Å². The molecule has 0 aliphatic carbocycles. The van der Waals surface area contributed by atoms with Gasteiger partial charge in [0, 0.05) is 56.5 Å². The molecule has 3 heterocycles. The Hall–Kier alpha value is -4.75. The summed E-state index contributed by atoms with van der Waals surface area (Å²) < 4.78 is 0. The van der Waals surface area contributed by atoms with Gasteiger partial charge in [0.25, 0.3) is 0 Å². The SMILES string of the molecule is CC.NCCNc1nc(NCCNc2nc(NCCNc3nc(N)nc(SCCC(=O)O)n3)nc(SCCC(=O)O)n2)nc(SCCC(=O)O)n1. The highest BCUT2D eigenvalue weighted by Gasteiger charge is 2.11. The first-order valence-corrected chi connectivity index (χ1v) is 18.5. The van der Waals surface area contributed by atoms with Gasteiger partial charge in [-0.05, 0) is 0 Å². The molecule has 0 fully saturated rings. The molecule has 0 aliphatic rings. The highest BCUT2D eigenvalue weighted by atomic mass is 32.2. The minimum Gasteiger partial charge on any atom is -0.481 e. The van der Waals surface area contributed by atoms with Gasteiger partial charge in [0.2, 0.25) is 35.7 Å². The molecule has 0 amide bonds. The lowest BCUT2D eigenvalue weighted by atomic mass is 10.5. The van der Waals surface area contributed by atoms with Crippen LogP contribution < -0.4 is 38.1 Å². The Morgan fingerprint density at radius 2 is 0.804 bits per heavy atom. The molecule has 0 spiro atoms. The zero-order valence-corrected chi connectivity index (χ0v) is 30.4. The topological polar surface area (TPSA) is 340 Å². The zero-order chi connectivity index (χ0) is 37.4. The number of nitrogens with one attached hydrogen (secondary N) is 5. The molecule has 12 N–H and O–H groups in total. The van der Waals surface area contributed by atoms with Gasteiger partial charge in [-0.1, -0.05) is 49.1 Å². The third kappa shape index (κ3) is 18.7. The van der Waals surface area contributed by atoms with Crippen molar-refractivity contribution >= 4 is 88.9 Å². The maximum absolute atomic E-state index is 11.0. The lowest BCUT2D eigenvalue weighted by Gasteiger charge is -2.12. The average molecular weight is 771 g/mol. The van der Waals surface area contributed by atoms with Crippen molar-refractivity contribution in [3.8, 4) is 0 Å². The van der Waals surface area contributed by atoms with Crippen LogP contribution in [0.4, 0.5) is 35.7 Å². The zero-order valence-electron chi connectivity index (χ0n) is 28.0. The Balaban J connectivity index is 0.00000442. The van der Waals surface area contributed by atoms with Gasteiger partial charge >= 0.3 is 17.9 Å². The first kappa shape index (κ1) is 42.4. The van der Waals surface area contributed by atoms with E-state index < -0.39 is 17.9 Å². The van der Waals surface area contributed by atoms with E-state index in [1.165, 1.54) is 11.8 Å². The van der Waals surface area contributed by atoms with Crippen molar-refractivity contribution in [2.75, 3.05) is 88.8 Å². The van der Waals surface area contributed by atoms with Crippen molar-refractivity contribution in [2.45, 2.75) is 48.6 Å². The molecule has 0 aliphatic heterocycles.